The van der Waals surface area contributed by atoms with Gasteiger partial charge in [0.2, 0.25) is 0 Å². The molecule has 1 aromatic carbocycles. The van der Waals surface area contributed by atoms with Gasteiger partial charge in [-0.05, 0) is 47.7 Å². The Morgan fingerprint density at radius 1 is 1.33 bits per heavy atom. The number of aryl methyl sites for hydroxylation is 1. The van der Waals surface area contributed by atoms with Gasteiger partial charge in [0, 0.05) is 37.0 Å². The molecule has 0 bridgehead atoms. The lowest BCUT2D eigenvalue weighted by molar-refractivity contribution is -0.124. The topological polar surface area (TPSA) is 74.2 Å². The van der Waals surface area contributed by atoms with E-state index in [1.165, 1.54) is 17.2 Å². The average molecular weight is 323 g/mol. The summed E-state index contributed by atoms with van der Waals surface area (Å²) in [5.41, 5.74) is 6.31. The van der Waals surface area contributed by atoms with Crippen molar-refractivity contribution in [2.75, 3.05) is 6.54 Å². The van der Waals surface area contributed by atoms with Gasteiger partial charge in [-0.2, -0.15) is 0 Å². The van der Waals surface area contributed by atoms with Crippen LogP contribution < -0.4 is 10.8 Å². The van der Waals surface area contributed by atoms with Crippen molar-refractivity contribution in [2.45, 2.75) is 25.3 Å². The first-order valence-corrected chi connectivity index (χ1v) is 8.14. The van der Waals surface area contributed by atoms with Crippen LogP contribution in [0.25, 0.3) is 6.08 Å². The molecule has 1 aliphatic carbocycles. The Bertz CT molecular complexity index is 729. The number of hydrogen-bond donors (Lipinski definition) is 3. The van der Waals surface area contributed by atoms with Crippen LogP contribution in [0.2, 0.25) is 0 Å². The van der Waals surface area contributed by atoms with Crippen LogP contribution in [0.15, 0.2) is 48.7 Å². The molecule has 0 spiro atoms. The van der Waals surface area contributed by atoms with E-state index >= 15 is 0 Å². The number of carbonyl (C=O) groups excluding carboxylic acids is 1. The van der Waals surface area contributed by atoms with Gasteiger partial charge in [0.15, 0.2) is 0 Å². The van der Waals surface area contributed by atoms with Gasteiger partial charge in [-0.15, -0.1) is 0 Å². The number of amides is 1. The molecule has 0 radical (unpaired) electrons. The quantitative estimate of drug-likeness (QED) is 0.434. The SMILES string of the molecule is O=C(/C=C/c1ccc2c(c1)CCC2NCCc1ccccn1)NO. The molecule has 1 aromatic heterocycles. The van der Waals surface area contributed by atoms with E-state index in [1.54, 1.807) is 11.6 Å². The standard InChI is InChI=1S/C19H21N3O2/c23-19(22-24)9-5-14-4-7-17-15(13-14)6-8-18(17)21-12-10-16-3-1-2-11-20-16/h1-5,7,9,11,13,18,21,24H,6,8,10,12H2,(H,22,23)/b9-5+. The number of carbonyl (C=O) groups is 1. The van der Waals surface area contributed by atoms with Crippen LogP contribution >= 0.6 is 0 Å². The third-order valence-electron chi connectivity index (χ3n) is 4.28. The van der Waals surface area contributed by atoms with Crippen molar-refractivity contribution in [1.82, 2.24) is 15.8 Å². The lowest BCUT2D eigenvalue weighted by Gasteiger charge is -2.14. The lowest BCUT2D eigenvalue weighted by atomic mass is 10.0. The van der Waals surface area contributed by atoms with Crippen LogP contribution in [0.4, 0.5) is 0 Å². The fraction of sp³-hybridized carbons (Fsp3) is 0.263. The molecule has 1 atom stereocenters. The Morgan fingerprint density at radius 3 is 3.04 bits per heavy atom. The average Bonchev–Trinajstić information content (AvgIpc) is 3.03. The van der Waals surface area contributed by atoms with Gasteiger partial charge in [-0.1, -0.05) is 24.3 Å². The summed E-state index contributed by atoms with van der Waals surface area (Å²) in [6.07, 6.45) is 7.88. The molecule has 1 heterocycles. The molecular formula is C19H21N3O2. The number of pyridine rings is 1. The number of aromatic nitrogens is 1. The van der Waals surface area contributed by atoms with Crippen molar-refractivity contribution in [1.29, 1.82) is 0 Å². The number of hydrogen-bond acceptors (Lipinski definition) is 4. The molecule has 0 fully saturated rings. The summed E-state index contributed by atoms with van der Waals surface area (Å²) < 4.78 is 0. The van der Waals surface area contributed by atoms with Gasteiger partial charge in [-0.25, -0.2) is 5.48 Å². The third kappa shape index (κ3) is 4.07. The van der Waals surface area contributed by atoms with E-state index < -0.39 is 5.91 Å². The maximum Gasteiger partial charge on any atom is 0.267 e. The molecule has 0 saturated carbocycles. The minimum atomic E-state index is -0.524. The van der Waals surface area contributed by atoms with Gasteiger partial charge in [0.25, 0.3) is 5.91 Å². The number of nitrogens with one attached hydrogen (secondary N) is 2. The fourth-order valence-electron chi connectivity index (χ4n) is 3.08. The van der Waals surface area contributed by atoms with E-state index in [0.717, 1.165) is 37.1 Å². The molecule has 5 nitrogen and oxygen atoms in total. The summed E-state index contributed by atoms with van der Waals surface area (Å²) in [4.78, 5) is 15.4. The Morgan fingerprint density at radius 2 is 2.25 bits per heavy atom. The Labute approximate surface area is 141 Å². The van der Waals surface area contributed by atoms with Crippen LogP contribution in [0.5, 0.6) is 0 Å². The van der Waals surface area contributed by atoms with Gasteiger partial charge >= 0.3 is 0 Å². The first kappa shape index (κ1) is 16.4. The molecule has 5 heteroatoms. The largest absolute Gasteiger partial charge is 0.310 e. The van der Waals surface area contributed by atoms with Gasteiger partial charge < -0.3 is 5.32 Å². The van der Waals surface area contributed by atoms with Gasteiger partial charge in [0.05, 0.1) is 0 Å². The normalized spacial score (nSPS) is 16.3. The molecular weight excluding hydrogens is 302 g/mol. The maximum atomic E-state index is 11.0. The maximum absolute atomic E-state index is 11.0. The molecule has 2 aromatic rings. The number of rotatable bonds is 6. The van der Waals surface area contributed by atoms with E-state index in [4.69, 9.17) is 5.21 Å². The Hall–Kier alpha value is -2.50. The van der Waals surface area contributed by atoms with Crippen molar-refractivity contribution in [3.63, 3.8) is 0 Å². The van der Waals surface area contributed by atoms with E-state index in [2.05, 4.69) is 22.4 Å². The highest BCUT2D eigenvalue weighted by molar-refractivity contribution is 5.90. The van der Waals surface area contributed by atoms with Crippen molar-refractivity contribution < 1.29 is 10.0 Å². The lowest BCUT2D eigenvalue weighted by Crippen LogP contribution is -2.22. The summed E-state index contributed by atoms with van der Waals surface area (Å²) in [5.74, 6) is -0.524. The van der Waals surface area contributed by atoms with E-state index in [1.807, 2.05) is 30.5 Å². The minimum absolute atomic E-state index is 0.377. The van der Waals surface area contributed by atoms with Crippen LogP contribution in [0.1, 0.15) is 34.8 Å². The van der Waals surface area contributed by atoms with Crippen LogP contribution in [-0.4, -0.2) is 22.6 Å². The van der Waals surface area contributed by atoms with Crippen molar-refractivity contribution in [3.05, 3.63) is 71.1 Å². The minimum Gasteiger partial charge on any atom is -0.310 e. The molecule has 0 aliphatic heterocycles. The van der Waals surface area contributed by atoms with E-state index in [-0.39, 0.29) is 0 Å². The molecule has 1 unspecified atom stereocenters. The first-order valence-electron chi connectivity index (χ1n) is 8.14. The van der Waals surface area contributed by atoms with Crippen molar-refractivity contribution in [2.24, 2.45) is 0 Å². The van der Waals surface area contributed by atoms with Gasteiger partial charge in [-0.3, -0.25) is 15.0 Å². The smallest absolute Gasteiger partial charge is 0.267 e. The second-order valence-corrected chi connectivity index (χ2v) is 5.88. The molecule has 3 rings (SSSR count). The number of nitrogens with zero attached hydrogens (tertiary/aromatic N) is 1. The predicted octanol–water partition coefficient (Wildman–Crippen LogP) is 2.42. The Balaban J connectivity index is 1.58. The molecule has 1 amide bonds. The second-order valence-electron chi connectivity index (χ2n) is 5.88. The predicted molar refractivity (Wildman–Crippen MR) is 92.4 cm³/mol. The summed E-state index contributed by atoms with van der Waals surface area (Å²) in [7, 11) is 0. The summed E-state index contributed by atoms with van der Waals surface area (Å²) in [5, 5.41) is 12.1. The van der Waals surface area contributed by atoms with Crippen LogP contribution in [0.3, 0.4) is 0 Å². The van der Waals surface area contributed by atoms with E-state index in [9.17, 15) is 4.79 Å². The highest BCUT2D eigenvalue weighted by Gasteiger charge is 2.21. The van der Waals surface area contributed by atoms with Gasteiger partial charge in [0.1, 0.15) is 0 Å². The first-order chi connectivity index (χ1) is 11.8. The van der Waals surface area contributed by atoms with Crippen LogP contribution in [-0.2, 0) is 17.6 Å². The summed E-state index contributed by atoms with van der Waals surface area (Å²) >= 11 is 0. The summed E-state index contributed by atoms with van der Waals surface area (Å²) in [6, 6.07) is 12.6. The highest BCUT2D eigenvalue weighted by atomic mass is 16.5. The molecule has 1 aliphatic rings. The number of benzene rings is 1. The molecule has 24 heavy (non-hydrogen) atoms. The third-order valence-corrected chi connectivity index (χ3v) is 4.28. The van der Waals surface area contributed by atoms with Crippen molar-refractivity contribution in [3.8, 4) is 0 Å². The fourth-order valence-corrected chi connectivity index (χ4v) is 3.08. The molecule has 0 saturated heterocycles. The number of fused-ring (bicyclic) bond motifs is 1. The molecule has 3 N–H and O–H groups in total. The van der Waals surface area contributed by atoms with E-state index in [0.29, 0.717) is 6.04 Å². The summed E-state index contributed by atoms with van der Waals surface area (Å²) in [6.45, 7) is 0.902. The highest BCUT2D eigenvalue weighted by Crippen LogP contribution is 2.31. The zero-order valence-corrected chi connectivity index (χ0v) is 13.4. The zero-order chi connectivity index (χ0) is 16.8. The van der Waals surface area contributed by atoms with Crippen LogP contribution in [0, 0.1) is 0 Å². The zero-order valence-electron chi connectivity index (χ0n) is 13.4. The Kier molecular flexibility index (Phi) is 5.36. The molecule has 124 valence electrons. The number of hydroxylamine groups is 1. The second kappa shape index (κ2) is 7.86. The van der Waals surface area contributed by atoms with Crippen molar-refractivity contribution >= 4 is 12.0 Å². The monoisotopic (exact) mass is 323 g/mol.